The quantitative estimate of drug-likeness (QED) is 0.307. The van der Waals surface area contributed by atoms with E-state index in [1.54, 1.807) is 41.3 Å². The summed E-state index contributed by atoms with van der Waals surface area (Å²) in [5.74, 6) is -0.243. The zero-order valence-electron chi connectivity index (χ0n) is 18.0. The van der Waals surface area contributed by atoms with Crippen LogP contribution in [0.4, 0.5) is 5.69 Å². The summed E-state index contributed by atoms with van der Waals surface area (Å²) in [6, 6.07) is 12.5. The molecule has 33 heavy (non-hydrogen) atoms. The molecule has 0 bridgehead atoms. The monoisotopic (exact) mass is 489 g/mol. The lowest BCUT2D eigenvalue weighted by Crippen LogP contribution is -2.48. The number of rotatable bonds is 7. The number of non-ortho nitro benzene ring substituents is 1. The Morgan fingerprint density at radius 3 is 2.64 bits per heavy atom. The van der Waals surface area contributed by atoms with Crippen molar-refractivity contribution in [3.8, 4) is 0 Å². The van der Waals surface area contributed by atoms with E-state index in [2.05, 4.69) is 9.97 Å². The van der Waals surface area contributed by atoms with E-state index in [1.165, 1.54) is 28.2 Å². The Morgan fingerprint density at radius 1 is 1.24 bits per heavy atom. The van der Waals surface area contributed by atoms with Crippen LogP contribution in [-0.4, -0.2) is 63.4 Å². The summed E-state index contributed by atoms with van der Waals surface area (Å²) in [6.45, 7) is 4.32. The highest BCUT2D eigenvalue weighted by molar-refractivity contribution is 7.99. The van der Waals surface area contributed by atoms with Gasteiger partial charge in [0.25, 0.3) is 5.69 Å². The average Bonchev–Trinajstić information content (AvgIpc) is 3.42. The molecule has 3 aromatic rings. The fourth-order valence-corrected chi connectivity index (χ4v) is 6.46. The van der Waals surface area contributed by atoms with Gasteiger partial charge in [0.2, 0.25) is 15.9 Å². The molecule has 1 aliphatic rings. The van der Waals surface area contributed by atoms with Crippen LogP contribution in [0.15, 0.2) is 58.6 Å². The molecule has 0 aliphatic carbocycles. The standard InChI is InChI=1S/C21H23N5O5S2/c1-14(2)20-24(10-11-25(20)33(30,31)16-6-4-3-5-7-16)19(27)13-32-21-22-17-9-8-15(26(28)29)12-18(17)23-21/h3-9,12,14,20H,10-11,13H2,1-2H3,(H,22,23)/t20-/m1/s1. The van der Waals surface area contributed by atoms with Crippen molar-refractivity contribution in [2.45, 2.75) is 30.1 Å². The third-order valence-corrected chi connectivity index (χ3v) is 8.17. The van der Waals surface area contributed by atoms with Crippen LogP contribution in [0.3, 0.4) is 0 Å². The Kier molecular flexibility index (Phi) is 6.41. The van der Waals surface area contributed by atoms with Gasteiger partial charge in [-0.2, -0.15) is 4.31 Å². The first-order valence-electron chi connectivity index (χ1n) is 10.3. The SMILES string of the molecule is CC(C)[C@@H]1N(C(=O)CSc2nc3ccc([N+](=O)[O-])cc3[nH]2)CCN1S(=O)(=O)c1ccccc1. The van der Waals surface area contributed by atoms with Gasteiger partial charge in [-0.3, -0.25) is 14.9 Å². The maximum atomic E-state index is 13.2. The van der Waals surface area contributed by atoms with Crippen LogP contribution in [0.25, 0.3) is 11.0 Å². The fourth-order valence-electron chi connectivity index (χ4n) is 3.95. The number of imidazole rings is 1. The number of benzene rings is 2. The molecule has 1 amide bonds. The minimum Gasteiger partial charge on any atom is -0.333 e. The van der Waals surface area contributed by atoms with Gasteiger partial charge >= 0.3 is 0 Å². The van der Waals surface area contributed by atoms with Crippen molar-refractivity contribution < 1.29 is 18.1 Å². The highest BCUT2D eigenvalue weighted by Gasteiger charge is 2.43. The van der Waals surface area contributed by atoms with E-state index in [0.717, 1.165) is 0 Å². The number of sulfonamides is 1. The number of H-pyrrole nitrogens is 1. The number of nitro benzene ring substituents is 1. The van der Waals surface area contributed by atoms with Crippen LogP contribution in [0.2, 0.25) is 0 Å². The van der Waals surface area contributed by atoms with E-state index in [4.69, 9.17) is 0 Å². The second-order valence-corrected chi connectivity index (χ2v) is 10.8. The Bertz CT molecular complexity index is 1290. The Labute approximate surface area is 195 Å². The van der Waals surface area contributed by atoms with E-state index >= 15 is 0 Å². The molecular formula is C21H23N5O5S2. The molecule has 1 atom stereocenters. The van der Waals surface area contributed by atoms with Crippen molar-refractivity contribution >= 4 is 44.4 Å². The number of thioether (sulfide) groups is 1. The first kappa shape index (κ1) is 23.2. The molecule has 0 radical (unpaired) electrons. The predicted molar refractivity (Wildman–Crippen MR) is 124 cm³/mol. The van der Waals surface area contributed by atoms with Gasteiger partial charge in [-0.1, -0.05) is 43.8 Å². The summed E-state index contributed by atoms with van der Waals surface area (Å²) >= 11 is 1.18. The molecule has 174 valence electrons. The number of aromatic nitrogens is 2. The number of nitrogens with zero attached hydrogens (tertiary/aromatic N) is 4. The van der Waals surface area contributed by atoms with Crippen molar-refractivity contribution in [3.05, 3.63) is 58.6 Å². The molecule has 12 heteroatoms. The lowest BCUT2D eigenvalue weighted by Gasteiger charge is -2.32. The molecule has 0 spiro atoms. The first-order chi connectivity index (χ1) is 15.7. The molecule has 0 unspecified atom stereocenters. The topological polar surface area (TPSA) is 130 Å². The number of nitro groups is 1. The summed E-state index contributed by atoms with van der Waals surface area (Å²) in [5.41, 5.74) is 1.03. The number of fused-ring (bicyclic) bond motifs is 1. The van der Waals surface area contributed by atoms with Crippen LogP contribution in [0, 0.1) is 16.0 Å². The van der Waals surface area contributed by atoms with Gasteiger partial charge in [0.15, 0.2) is 5.16 Å². The summed E-state index contributed by atoms with van der Waals surface area (Å²) in [6.07, 6.45) is -0.582. The van der Waals surface area contributed by atoms with Gasteiger partial charge in [0.1, 0.15) is 6.17 Å². The summed E-state index contributed by atoms with van der Waals surface area (Å²) < 4.78 is 27.8. The van der Waals surface area contributed by atoms with Crippen LogP contribution < -0.4 is 0 Å². The molecule has 1 fully saturated rings. The number of carbonyl (C=O) groups excluding carboxylic acids is 1. The molecular weight excluding hydrogens is 466 g/mol. The van der Waals surface area contributed by atoms with Crippen molar-refractivity contribution in [2.75, 3.05) is 18.8 Å². The zero-order chi connectivity index (χ0) is 23.8. The maximum Gasteiger partial charge on any atom is 0.271 e. The smallest absolute Gasteiger partial charge is 0.271 e. The lowest BCUT2D eigenvalue weighted by molar-refractivity contribution is -0.384. The van der Waals surface area contributed by atoms with Gasteiger partial charge in [-0.25, -0.2) is 13.4 Å². The number of nitrogens with one attached hydrogen (secondary N) is 1. The van der Waals surface area contributed by atoms with Crippen LogP contribution in [0.5, 0.6) is 0 Å². The number of amides is 1. The molecule has 0 saturated carbocycles. The van der Waals surface area contributed by atoms with Crippen LogP contribution in [-0.2, 0) is 14.8 Å². The number of aromatic amines is 1. The predicted octanol–water partition coefficient (Wildman–Crippen LogP) is 3.08. The summed E-state index contributed by atoms with van der Waals surface area (Å²) in [4.78, 5) is 32.7. The van der Waals surface area contributed by atoms with E-state index in [0.29, 0.717) is 22.7 Å². The van der Waals surface area contributed by atoms with Gasteiger partial charge in [-0.15, -0.1) is 0 Å². The minimum atomic E-state index is -3.74. The van der Waals surface area contributed by atoms with E-state index in [-0.39, 0.29) is 34.7 Å². The minimum absolute atomic E-state index is 0.0460. The highest BCUT2D eigenvalue weighted by atomic mass is 32.2. The van der Waals surface area contributed by atoms with Crippen molar-refractivity contribution in [1.82, 2.24) is 19.2 Å². The van der Waals surface area contributed by atoms with E-state index in [9.17, 15) is 23.3 Å². The van der Waals surface area contributed by atoms with Gasteiger partial charge < -0.3 is 9.88 Å². The van der Waals surface area contributed by atoms with Crippen molar-refractivity contribution in [2.24, 2.45) is 5.92 Å². The molecule has 2 heterocycles. The van der Waals surface area contributed by atoms with Gasteiger partial charge in [0.05, 0.1) is 26.6 Å². The van der Waals surface area contributed by atoms with E-state index in [1.807, 2.05) is 13.8 Å². The van der Waals surface area contributed by atoms with Crippen molar-refractivity contribution in [1.29, 1.82) is 0 Å². The Hall–Kier alpha value is -2.96. The Balaban J connectivity index is 1.49. The zero-order valence-corrected chi connectivity index (χ0v) is 19.7. The normalized spacial score (nSPS) is 17.2. The second kappa shape index (κ2) is 9.12. The molecule has 1 aliphatic heterocycles. The molecule has 4 rings (SSSR count). The first-order valence-corrected chi connectivity index (χ1v) is 12.7. The molecule has 10 nitrogen and oxygen atoms in total. The largest absolute Gasteiger partial charge is 0.333 e. The van der Waals surface area contributed by atoms with E-state index < -0.39 is 21.1 Å². The van der Waals surface area contributed by atoms with Gasteiger partial charge in [-0.05, 0) is 24.1 Å². The van der Waals surface area contributed by atoms with Crippen LogP contribution in [0.1, 0.15) is 13.8 Å². The number of hydrogen-bond acceptors (Lipinski definition) is 7. The van der Waals surface area contributed by atoms with Crippen molar-refractivity contribution in [3.63, 3.8) is 0 Å². The summed E-state index contributed by atoms with van der Waals surface area (Å²) in [7, 11) is -3.74. The molecule has 1 N–H and O–H groups in total. The highest BCUT2D eigenvalue weighted by Crippen LogP contribution is 2.30. The molecule has 1 aromatic heterocycles. The van der Waals surface area contributed by atoms with Gasteiger partial charge in [0, 0.05) is 25.2 Å². The second-order valence-electron chi connectivity index (χ2n) is 7.96. The fraction of sp³-hybridized carbons (Fsp3) is 0.333. The number of carbonyl (C=O) groups is 1. The Morgan fingerprint density at radius 2 is 1.97 bits per heavy atom. The van der Waals surface area contributed by atoms with Crippen LogP contribution >= 0.6 is 11.8 Å². The lowest BCUT2D eigenvalue weighted by atomic mass is 10.1. The third kappa shape index (κ3) is 4.59. The maximum absolute atomic E-state index is 13.2. The molecule has 1 saturated heterocycles. The summed E-state index contributed by atoms with van der Waals surface area (Å²) in [5, 5.41) is 11.4. The average molecular weight is 490 g/mol. The number of hydrogen-bond donors (Lipinski definition) is 1. The molecule has 2 aromatic carbocycles. The third-order valence-electron chi connectivity index (χ3n) is 5.43.